The monoisotopic (exact) mass is 555 g/mol. The third-order valence-electron chi connectivity index (χ3n) is 7.81. The molecule has 0 aliphatic carbocycles. The number of Topliss-reactive ketones (excluding diaryl/α,β-unsaturated/α-hetero) is 1. The molecule has 0 aromatic rings. The molecular formula is C39H70O. The third kappa shape index (κ3) is 34.7. The topological polar surface area (TPSA) is 17.1 Å². The Kier molecular flexibility index (Phi) is 34.4. The summed E-state index contributed by atoms with van der Waals surface area (Å²) in [6.45, 7) is 4.52. The summed E-state index contributed by atoms with van der Waals surface area (Å²) in [5, 5.41) is 0. The van der Waals surface area contributed by atoms with Crippen molar-refractivity contribution in [2.75, 3.05) is 0 Å². The number of hydrogen-bond donors (Lipinski definition) is 0. The number of allylic oxidation sites excluding steroid dienone is 8. The molecule has 0 aliphatic heterocycles. The largest absolute Gasteiger partial charge is 0.300 e. The molecule has 0 amide bonds. The van der Waals surface area contributed by atoms with E-state index in [0.29, 0.717) is 5.78 Å². The van der Waals surface area contributed by atoms with Gasteiger partial charge in [0.15, 0.2) is 0 Å². The van der Waals surface area contributed by atoms with Gasteiger partial charge in [-0.3, -0.25) is 4.79 Å². The van der Waals surface area contributed by atoms with Gasteiger partial charge < -0.3 is 0 Å². The second-order valence-corrected chi connectivity index (χ2v) is 11.9. The first-order valence-corrected chi connectivity index (χ1v) is 17.9. The van der Waals surface area contributed by atoms with Crippen molar-refractivity contribution >= 4 is 5.78 Å². The SMILES string of the molecule is CCCCC/C=C\C/C=C\CCCCCCCCCC(=O)CCCCCCCCC/C=C\C/C=C\CCCCC. The van der Waals surface area contributed by atoms with E-state index in [1.165, 1.54) is 141 Å². The van der Waals surface area contributed by atoms with E-state index in [9.17, 15) is 4.79 Å². The van der Waals surface area contributed by atoms with Gasteiger partial charge in [-0.2, -0.15) is 0 Å². The lowest BCUT2D eigenvalue weighted by Crippen LogP contribution is -1.97. The highest BCUT2D eigenvalue weighted by Gasteiger charge is 2.02. The van der Waals surface area contributed by atoms with Gasteiger partial charge in [-0.05, 0) is 77.0 Å². The first-order valence-electron chi connectivity index (χ1n) is 17.9. The van der Waals surface area contributed by atoms with Crippen molar-refractivity contribution in [1.29, 1.82) is 0 Å². The first kappa shape index (κ1) is 38.6. The maximum Gasteiger partial charge on any atom is 0.132 e. The molecule has 1 nitrogen and oxygen atoms in total. The van der Waals surface area contributed by atoms with Crippen molar-refractivity contribution < 1.29 is 4.79 Å². The average Bonchev–Trinajstić information content (AvgIpc) is 2.96. The van der Waals surface area contributed by atoms with E-state index >= 15 is 0 Å². The lowest BCUT2D eigenvalue weighted by molar-refractivity contribution is -0.119. The van der Waals surface area contributed by atoms with Gasteiger partial charge in [-0.1, -0.05) is 152 Å². The standard InChI is InChI=1S/C39H70O/c1-3-5-7-9-11-13-15-17-19-21-23-25-27-29-31-33-35-37-39(40)38-36-34-32-30-28-26-24-22-20-18-16-14-12-10-8-6-4-2/h11-14,17-20H,3-10,15-16,21-38H2,1-2H3/b13-11-,14-12-,19-17-,20-18-. The lowest BCUT2D eigenvalue weighted by atomic mass is 10.0. The van der Waals surface area contributed by atoms with E-state index in [1.807, 2.05) is 0 Å². The van der Waals surface area contributed by atoms with Crippen LogP contribution in [0.25, 0.3) is 0 Å². The molecule has 0 bridgehead atoms. The van der Waals surface area contributed by atoms with E-state index in [4.69, 9.17) is 0 Å². The summed E-state index contributed by atoms with van der Waals surface area (Å²) < 4.78 is 0. The molecule has 0 heterocycles. The minimum absolute atomic E-state index is 0.505. The van der Waals surface area contributed by atoms with Gasteiger partial charge in [-0.25, -0.2) is 0 Å². The zero-order valence-electron chi connectivity index (χ0n) is 27.3. The third-order valence-corrected chi connectivity index (χ3v) is 7.81. The number of ketones is 1. The molecule has 0 saturated carbocycles. The minimum atomic E-state index is 0.505. The lowest BCUT2D eigenvalue weighted by Gasteiger charge is -2.03. The van der Waals surface area contributed by atoms with Gasteiger partial charge in [-0.15, -0.1) is 0 Å². The Morgan fingerprint density at radius 3 is 0.950 bits per heavy atom. The van der Waals surface area contributed by atoms with Crippen molar-refractivity contribution in [3.05, 3.63) is 48.6 Å². The van der Waals surface area contributed by atoms with Crippen LogP contribution in [-0.2, 0) is 4.79 Å². The van der Waals surface area contributed by atoms with Crippen molar-refractivity contribution in [3.63, 3.8) is 0 Å². The van der Waals surface area contributed by atoms with Gasteiger partial charge >= 0.3 is 0 Å². The normalized spacial score (nSPS) is 12.2. The fourth-order valence-corrected chi connectivity index (χ4v) is 5.10. The number of hydrogen-bond acceptors (Lipinski definition) is 1. The molecule has 0 aromatic carbocycles. The quantitative estimate of drug-likeness (QED) is 0.0597. The summed E-state index contributed by atoms with van der Waals surface area (Å²) in [5.41, 5.74) is 0. The summed E-state index contributed by atoms with van der Waals surface area (Å²) in [7, 11) is 0. The second kappa shape index (κ2) is 35.7. The fourth-order valence-electron chi connectivity index (χ4n) is 5.10. The van der Waals surface area contributed by atoms with Crippen LogP contribution in [0, 0.1) is 0 Å². The van der Waals surface area contributed by atoms with Gasteiger partial charge in [0.25, 0.3) is 0 Å². The maximum atomic E-state index is 12.1. The van der Waals surface area contributed by atoms with Crippen LogP contribution >= 0.6 is 0 Å². The highest BCUT2D eigenvalue weighted by Crippen LogP contribution is 2.14. The maximum absolute atomic E-state index is 12.1. The van der Waals surface area contributed by atoms with Crippen LogP contribution in [0.3, 0.4) is 0 Å². The van der Waals surface area contributed by atoms with E-state index in [2.05, 4.69) is 62.5 Å². The van der Waals surface area contributed by atoms with Crippen LogP contribution < -0.4 is 0 Å². The molecule has 0 unspecified atom stereocenters. The Hall–Kier alpha value is -1.37. The summed E-state index contributed by atoms with van der Waals surface area (Å²) in [5.74, 6) is 0.505. The number of carbonyl (C=O) groups excluding carboxylic acids is 1. The highest BCUT2D eigenvalue weighted by atomic mass is 16.1. The second-order valence-electron chi connectivity index (χ2n) is 11.9. The summed E-state index contributed by atoms with van der Waals surface area (Å²) in [4.78, 5) is 12.1. The molecule has 0 fully saturated rings. The summed E-state index contributed by atoms with van der Waals surface area (Å²) >= 11 is 0. The van der Waals surface area contributed by atoms with E-state index in [1.54, 1.807) is 0 Å². The van der Waals surface area contributed by atoms with Crippen LogP contribution in [-0.4, -0.2) is 5.78 Å². The van der Waals surface area contributed by atoms with Gasteiger partial charge in [0.05, 0.1) is 0 Å². The Balaban J connectivity index is 3.28. The van der Waals surface area contributed by atoms with Crippen molar-refractivity contribution in [1.82, 2.24) is 0 Å². The van der Waals surface area contributed by atoms with Crippen molar-refractivity contribution in [2.45, 2.75) is 194 Å². The molecule has 1 heteroatoms. The Morgan fingerprint density at radius 2 is 0.625 bits per heavy atom. The Morgan fingerprint density at radius 1 is 0.350 bits per heavy atom. The molecule has 0 aromatic heterocycles. The fraction of sp³-hybridized carbons (Fsp3) is 0.769. The molecule has 0 rings (SSSR count). The molecular weight excluding hydrogens is 484 g/mol. The van der Waals surface area contributed by atoms with Gasteiger partial charge in [0.2, 0.25) is 0 Å². The van der Waals surface area contributed by atoms with Crippen LogP contribution in [0.1, 0.15) is 194 Å². The van der Waals surface area contributed by atoms with Crippen molar-refractivity contribution in [3.8, 4) is 0 Å². The zero-order valence-corrected chi connectivity index (χ0v) is 27.3. The Labute approximate surface area is 252 Å². The van der Waals surface area contributed by atoms with E-state index in [-0.39, 0.29) is 0 Å². The molecule has 0 radical (unpaired) electrons. The predicted molar refractivity (Wildman–Crippen MR) is 182 cm³/mol. The number of carbonyl (C=O) groups is 1. The zero-order chi connectivity index (χ0) is 29.0. The molecule has 0 aliphatic rings. The molecule has 232 valence electrons. The van der Waals surface area contributed by atoms with E-state index < -0.39 is 0 Å². The van der Waals surface area contributed by atoms with Gasteiger partial charge in [0, 0.05) is 12.8 Å². The minimum Gasteiger partial charge on any atom is -0.300 e. The van der Waals surface area contributed by atoms with Crippen LogP contribution in [0.5, 0.6) is 0 Å². The summed E-state index contributed by atoms with van der Waals surface area (Å²) in [6, 6.07) is 0. The number of rotatable bonds is 32. The summed E-state index contributed by atoms with van der Waals surface area (Å²) in [6.07, 6.45) is 53.5. The molecule has 0 N–H and O–H groups in total. The van der Waals surface area contributed by atoms with Gasteiger partial charge in [0.1, 0.15) is 5.78 Å². The molecule has 0 saturated heterocycles. The predicted octanol–water partition coefficient (Wildman–Crippen LogP) is 13.7. The van der Waals surface area contributed by atoms with E-state index in [0.717, 1.165) is 38.5 Å². The van der Waals surface area contributed by atoms with Crippen LogP contribution in [0.4, 0.5) is 0 Å². The van der Waals surface area contributed by atoms with Crippen LogP contribution in [0.15, 0.2) is 48.6 Å². The number of unbranched alkanes of at least 4 members (excludes halogenated alkanes) is 20. The highest BCUT2D eigenvalue weighted by molar-refractivity contribution is 5.78. The molecule has 0 atom stereocenters. The average molecular weight is 555 g/mol. The first-order chi connectivity index (χ1) is 19.8. The van der Waals surface area contributed by atoms with Crippen LogP contribution in [0.2, 0.25) is 0 Å². The van der Waals surface area contributed by atoms with Crippen molar-refractivity contribution in [2.24, 2.45) is 0 Å². The molecule has 40 heavy (non-hydrogen) atoms. The smallest absolute Gasteiger partial charge is 0.132 e. The Bertz CT molecular complexity index is 556. The molecule has 0 spiro atoms.